The van der Waals surface area contributed by atoms with Crippen LogP contribution < -0.4 is 5.32 Å². The Labute approximate surface area is 99.4 Å². The number of nitrogens with one attached hydrogen (secondary N) is 1. The predicted octanol–water partition coefficient (Wildman–Crippen LogP) is 0.123. The van der Waals surface area contributed by atoms with Crippen LogP contribution in [0, 0.1) is 0 Å². The van der Waals surface area contributed by atoms with Crippen molar-refractivity contribution in [3.8, 4) is 0 Å². The molecule has 2 N–H and O–H groups in total. The summed E-state index contributed by atoms with van der Waals surface area (Å²) >= 11 is 0. The van der Waals surface area contributed by atoms with Gasteiger partial charge in [0.15, 0.2) is 0 Å². The maximum absolute atomic E-state index is 11.2. The second-order valence-corrected chi connectivity index (χ2v) is 3.52. The van der Waals surface area contributed by atoms with Crippen LogP contribution in [0.4, 0.5) is 0 Å². The zero-order valence-electron chi connectivity index (χ0n) is 9.77. The van der Waals surface area contributed by atoms with Gasteiger partial charge in [0.2, 0.25) is 5.91 Å². The zero-order chi connectivity index (χ0) is 12.8. The standard InChI is InChI=1S/C12H15NO4/c1-13-11(15)10(14)7-8-3-5-9(6-4-8)12(16)17-2/h3-6,10,14H,7H2,1-2H3,(H,13,15). The van der Waals surface area contributed by atoms with Crippen molar-refractivity contribution in [1.29, 1.82) is 0 Å². The maximum atomic E-state index is 11.2. The van der Waals surface area contributed by atoms with Crippen molar-refractivity contribution < 1.29 is 19.4 Å². The largest absolute Gasteiger partial charge is 0.465 e. The molecule has 17 heavy (non-hydrogen) atoms. The van der Waals surface area contributed by atoms with Crippen LogP contribution in [0.5, 0.6) is 0 Å². The van der Waals surface area contributed by atoms with Crippen LogP contribution in [0.25, 0.3) is 0 Å². The number of esters is 1. The number of amides is 1. The summed E-state index contributed by atoms with van der Waals surface area (Å²) in [5.41, 5.74) is 1.21. The van der Waals surface area contributed by atoms with Gasteiger partial charge in [0, 0.05) is 13.5 Å². The molecule has 0 saturated heterocycles. The monoisotopic (exact) mass is 237 g/mol. The number of benzene rings is 1. The molecule has 1 atom stereocenters. The normalized spacial score (nSPS) is 11.7. The topological polar surface area (TPSA) is 75.6 Å². The number of hydrogen-bond acceptors (Lipinski definition) is 4. The van der Waals surface area contributed by atoms with Gasteiger partial charge in [-0.3, -0.25) is 4.79 Å². The van der Waals surface area contributed by atoms with E-state index in [2.05, 4.69) is 10.1 Å². The van der Waals surface area contributed by atoms with E-state index in [1.54, 1.807) is 24.3 Å². The molecule has 0 aliphatic carbocycles. The van der Waals surface area contributed by atoms with E-state index in [1.807, 2.05) is 0 Å². The highest BCUT2D eigenvalue weighted by molar-refractivity contribution is 5.89. The van der Waals surface area contributed by atoms with Crippen molar-refractivity contribution in [2.24, 2.45) is 0 Å². The number of likely N-dealkylation sites (N-methyl/N-ethyl adjacent to an activating group) is 1. The first kappa shape index (κ1) is 13.2. The number of carbonyl (C=O) groups excluding carboxylic acids is 2. The van der Waals surface area contributed by atoms with Gasteiger partial charge in [-0.2, -0.15) is 0 Å². The number of aliphatic hydroxyl groups is 1. The average molecular weight is 237 g/mol. The van der Waals surface area contributed by atoms with Crippen molar-refractivity contribution in [3.63, 3.8) is 0 Å². The molecule has 5 nitrogen and oxygen atoms in total. The Morgan fingerprint density at radius 3 is 2.41 bits per heavy atom. The zero-order valence-corrected chi connectivity index (χ0v) is 9.77. The summed E-state index contributed by atoms with van der Waals surface area (Å²) in [4.78, 5) is 22.3. The molecule has 0 saturated carbocycles. The maximum Gasteiger partial charge on any atom is 0.337 e. The number of methoxy groups -OCH3 is 1. The van der Waals surface area contributed by atoms with Crippen molar-refractivity contribution >= 4 is 11.9 Å². The molecule has 0 spiro atoms. The molecule has 1 aromatic carbocycles. The first-order valence-electron chi connectivity index (χ1n) is 5.15. The Bertz CT molecular complexity index is 399. The van der Waals surface area contributed by atoms with Crippen LogP contribution in [-0.2, 0) is 16.0 Å². The lowest BCUT2D eigenvalue weighted by atomic mass is 10.1. The van der Waals surface area contributed by atoms with Gasteiger partial charge in [0.1, 0.15) is 6.10 Å². The van der Waals surface area contributed by atoms with Crippen LogP contribution in [0.1, 0.15) is 15.9 Å². The lowest BCUT2D eigenvalue weighted by molar-refractivity contribution is -0.128. The number of rotatable bonds is 4. The highest BCUT2D eigenvalue weighted by Crippen LogP contribution is 2.08. The highest BCUT2D eigenvalue weighted by Gasteiger charge is 2.14. The van der Waals surface area contributed by atoms with Crippen LogP contribution in [-0.4, -0.2) is 37.2 Å². The summed E-state index contributed by atoms with van der Waals surface area (Å²) in [6.07, 6.45) is -0.870. The molecule has 1 unspecified atom stereocenters. The van der Waals surface area contributed by atoms with Gasteiger partial charge in [-0.1, -0.05) is 12.1 Å². The minimum absolute atomic E-state index is 0.209. The molecule has 0 bridgehead atoms. The number of aliphatic hydroxyl groups excluding tert-OH is 1. The van der Waals surface area contributed by atoms with Crippen LogP contribution in [0.15, 0.2) is 24.3 Å². The molecular formula is C12H15NO4. The third-order valence-corrected chi connectivity index (χ3v) is 2.35. The van der Waals surface area contributed by atoms with Gasteiger partial charge in [-0.05, 0) is 17.7 Å². The van der Waals surface area contributed by atoms with Crippen molar-refractivity contribution in [1.82, 2.24) is 5.32 Å². The molecule has 92 valence electrons. The molecule has 0 aromatic heterocycles. The Hall–Kier alpha value is -1.88. The van der Waals surface area contributed by atoms with Crippen LogP contribution in [0.3, 0.4) is 0 Å². The van der Waals surface area contributed by atoms with E-state index in [-0.39, 0.29) is 6.42 Å². The van der Waals surface area contributed by atoms with E-state index in [0.29, 0.717) is 5.56 Å². The second kappa shape index (κ2) is 6.00. The smallest absolute Gasteiger partial charge is 0.337 e. The van der Waals surface area contributed by atoms with Gasteiger partial charge in [-0.25, -0.2) is 4.79 Å². The third kappa shape index (κ3) is 3.57. The van der Waals surface area contributed by atoms with Gasteiger partial charge in [0.25, 0.3) is 0 Å². The quantitative estimate of drug-likeness (QED) is 0.729. The Morgan fingerprint density at radius 1 is 1.35 bits per heavy atom. The van der Waals surface area contributed by atoms with Gasteiger partial charge in [0.05, 0.1) is 12.7 Å². The van der Waals surface area contributed by atoms with Gasteiger partial charge in [-0.15, -0.1) is 0 Å². The molecular weight excluding hydrogens is 222 g/mol. The Kier molecular flexibility index (Phi) is 4.66. The summed E-state index contributed by atoms with van der Waals surface area (Å²) in [7, 11) is 2.78. The molecule has 0 radical (unpaired) electrons. The molecule has 0 aliphatic rings. The summed E-state index contributed by atoms with van der Waals surface area (Å²) < 4.78 is 4.56. The van der Waals surface area contributed by atoms with E-state index < -0.39 is 18.0 Å². The molecule has 1 rings (SSSR count). The van der Waals surface area contributed by atoms with E-state index in [4.69, 9.17) is 0 Å². The Morgan fingerprint density at radius 2 is 1.94 bits per heavy atom. The highest BCUT2D eigenvalue weighted by atomic mass is 16.5. The summed E-state index contributed by atoms with van der Waals surface area (Å²) in [6.45, 7) is 0. The van der Waals surface area contributed by atoms with Crippen LogP contribution in [0.2, 0.25) is 0 Å². The molecule has 1 aromatic rings. The number of carbonyl (C=O) groups is 2. The van der Waals surface area contributed by atoms with Gasteiger partial charge >= 0.3 is 5.97 Å². The van der Waals surface area contributed by atoms with Crippen molar-refractivity contribution in [2.45, 2.75) is 12.5 Å². The fraction of sp³-hybridized carbons (Fsp3) is 0.333. The minimum Gasteiger partial charge on any atom is -0.465 e. The molecule has 1 amide bonds. The predicted molar refractivity (Wildman–Crippen MR) is 61.6 cm³/mol. The summed E-state index contributed by atoms with van der Waals surface area (Å²) in [5, 5.41) is 11.9. The van der Waals surface area contributed by atoms with Gasteiger partial charge < -0.3 is 15.2 Å². The van der Waals surface area contributed by atoms with E-state index in [0.717, 1.165) is 5.56 Å². The number of hydrogen-bond donors (Lipinski definition) is 2. The van der Waals surface area contributed by atoms with E-state index in [9.17, 15) is 14.7 Å². The fourth-order valence-electron chi connectivity index (χ4n) is 1.38. The van der Waals surface area contributed by atoms with Crippen molar-refractivity contribution in [2.75, 3.05) is 14.2 Å². The fourth-order valence-corrected chi connectivity index (χ4v) is 1.38. The molecule has 0 heterocycles. The summed E-state index contributed by atoms with van der Waals surface area (Å²) in [5.74, 6) is -0.842. The molecule has 5 heteroatoms. The average Bonchev–Trinajstić information content (AvgIpc) is 2.37. The molecule has 0 fully saturated rings. The Balaban J connectivity index is 2.68. The first-order chi connectivity index (χ1) is 8.08. The summed E-state index contributed by atoms with van der Waals surface area (Å²) in [6, 6.07) is 6.55. The van der Waals surface area contributed by atoms with E-state index >= 15 is 0 Å². The van der Waals surface area contributed by atoms with Crippen molar-refractivity contribution in [3.05, 3.63) is 35.4 Å². The minimum atomic E-state index is -1.08. The SMILES string of the molecule is CNC(=O)C(O)Cc1ccc(C(=O)OC)cc1. The molecule has 0 aliphatic heterocycles. The third-order valence-electron chi connectivity index (χ3n) is 2.35. The lowest BCUT2D eigenvalue weighted by Crippen LogP contribution is -2.33. The second-order valence-electron chi connectivity index (χ2n) is 3.52. The number of ether oxygens (including phenoxy) is 1. The van der Waals surface area contributed by atoms with Crippen LogP contribution >= 0.6 is 0 Å². The first-order valence-corrected chi connectivity index (χ1v) is 5.15. The lowest BCUT2D eigenvalue weighted by Gasteiger charge is -2.09. The van der Waals surface area contributed by atoms with E-state index in [1.165, 1.54) is 14.2 Å².